The summed E-state index contributed by atoms with van der Waals surface area (Å²) < 4.78 is 5.02. The number of benzene rings is 1. The smallest absolute Gasteiger partial charge is 0.230 e. The molecule has 0 bridgehead atoms. The van der Waals surface area contributed by atoms with Crippen LogP contribution >= 0.6 is 0 Å². The van der Waals surface area contributed by atoms with E-state index in [0.717, 1.165) is 0 Å². The first kappa shape index (κ1) is 17.0. The number of nitrogens with one attached hydrogen (secondary N) is 1. The Morgan fingerprint density at radius 1 is 1.29 bits per heavy atom. The number of ether oxygens (including phenoxy) is 1. The number of carboxylic acid groups (broad SMARTS) is 1. The molecule has 0 fully saturated rings. The summed E-state index contributed by atoms with van der Waals surface area (Å²) >= 11 is 0. The van der Waals surface area contributed by atoms with Crippen LogP contribution in [0.1, 0.15) is 20.3 Å². The van der Waals surface area contributed by atoms with Crippen molar-refractivity contribution < 1.29 is 24.7 Å². The first-order valence-corrected chi connectivity index (χ1v) is 6.90. The topological polar surface area (TPSA) is 95.1 Å². The van der Waals surface area contributed by atoms with Crippen LogP contribution in [0.2, 0.25) is 0 Å². The molecule has 1 atom stereocenters. The molecule has 1 amide bonds. The molecule has 0 radical (unpaired) electrons. The molecule has 0 unspecified atom stereocenters. The molecule has 6 nitrogen and oxygen atoms in total. The minimum absolute atomic E-state index is 0.124. The van der Waals surface area contributed by atoms with Gasteiger partial charge in [0.2, 0.25) is 5.91 Å². The second-order valence-electron chi connectivity index (χ2n) is 5.27. The molecule has 0 saturated heterocycles. The second-order valence-corrected chi connectivity index (χ2v) is 5.27. The number of carbonyl (C=O) groups excluding carboxylic acids is 2. The lowest BCUT2D eigenvalue weighted by Gasteiger charge is -2.17. The van der Waals surface area contributed by atoms with Crippen LogP contribution in [-0.4, -0.2) is 31.6 Å². The van der Waals surface area contributed by atoms with E-state index in [9.17, 15) is 14.7 Å². The predicted molar refractivity (Wildman–Crippen MR) is 76.7 cm³/mol. The van der Waals surface area contributed by atoms with Crippen LogP contribution in [-0.2, 0) is 9.59 Å². The number of rotatable bonds is 8. The molecule has 0 aliphatic carbocycles. The van der Waals surface area contributed by atoms with E-state index in [1.807, 2.05) is 13.8 Å². The van der Waals surface area contributed by atoms with Gasteiger partial charge in [0.05, 0.1) is 26.0 Å². The summed E-state index contributed by atoms with van der Waals surface area (Å²) in [6, 6.07) is 5.96. The molecule has 0 aliphatic rings. The van der Waals surface area contributed by atoms with Crippen LogP contribution in [0.15, 0.2) is 24.3 Å². The number of hydrogen-bond donors (Lipinski definition) is 2. The van der Waals surface area contributed by atoms with Crippen molar-refractivity contribution in [1.82, 2.24) is 0 Å². The molecule has 0 aromatic heterocycles. The maximum Gasteiger partial charge on any atom is 0.230 e. The summed E-state index contributed by atoms with van der Waals surface area (Å²) in [6.07, 6.45) is -0.124. The molecule has 0 aliphatic heterocycles. The average Bonchev–Trinajstić information content (AvgIpc) is 2.43. The highest BCUT2D eigenvalue weighted by Gasteiger charge is 2.18. The van der Waals surface area contributed by atoms with E-state index < -0.39 is 12.0 Å². The fraction of sp³-hybridized carbons (Fsp3) is 0.467. The SMILES string of the molecule is COc1ccc(NC(=O)C[C@@H]([NH2+]CC(C)C)C(=O)[O-])cc1. The lowest BCUT2D eigenvalue weighted by molar-refractivity contribution is -0.686. The molecule has 21 heavy (non-hydrogen) atoms. The fourth-order valence-corrected chi connectivity index (χ4v) is 1.79. The van der Waals surface area contributed by atoms with Gasteiger partial charge in [0.25, 0.3) is 0 Å². The van der Waals surface area contributed by atoms with Crippen molar-refractivity contribution in [2.45, 2.75) is 26.3 Å². The number of carbonyl (C=O) groups is 2. The third-order valence-corrected chi connectivity index (χ3v) is 2.97. The molecule has 116 valence electrons. The van der Waals surface area contributed by atoms with Crippen LogP contribution in [0.4, 0.5) is 5.69 Å². The van der Waals surface area contributed by atoms with Gasteiger partial charge >= 0.3 is 0 Å². The summed E-state index contributed by atoms with van der Waals surface area (Å²) in [5.41, 5.74) is 0.599. The quantitative estimate of drug-likeness (QED) is 0.667. The molecular weight excluding hydrogens is 272 g/mol. The van der Waals surface area contributed by atoms with Gasteiger partial charge in [0.1, 0.15) is 11.8 Å². The minimum Gasteiger partial charge on any atom is -0.544 e. The Morgan fingerprint density at radius 3 is 2.38 bits per heavy atom. The van der Waals surface area contributed by atoms with E-state index in [2.05, 4.69) is 5.32 Å². The van der Waals surface area contributed by atoms with Gasteiger partial charge in [-0.25, -0.2) is 0 Å². The number of carboxylic acids is 1. The largest absolute Gasteiger partial charge is 0.544 e. The van der Waals surface area contributed by atoms with Crippen LogP contribution < -0.4 is 20.5 Å². The highest BCUT2D eigenvalue weighted by molar-refractivity contribution is 5.93. The Labute approximate surface area is 124 Å². The highest BCUT2D eigenvalue weighted by atomic mass is 16.5. The van der Waals surface area contributed by atoms with E-state index >= 15 is 0 Å². The third-order valence-electron chi connectivity index (χ3n) is 2.97. The lowest BCUT2D eigenvalue weighted by Crippen LogP contribution is -2.94. The first-order valence-electron chi connectivity index (χ1n) is 6.90. The van der Waals surface area contributed by atoms with E-state index in [0.29, 0.717) is 23.9 Å². The average molecular weight is 294 g/mol. The lowest BCUT2D eigenvalue weighted by atomic mass is 10.1. The van der Waals surface area contributed by atoms with Crippen molar-refractivity contribution in [3.05, 3.63) is 24.3 Å². The number of quaternary nitrogens is 1. The zero-order valence-electron chi connectivity index (χ0n) is 12.6. The Morgan fingerprint density at radius 2 is 1.90 bits per heavy atom. The zero-order valence-corrected chi connectivity index (χ0v) is 12.6. The van der Waals surface area contributed by atoms with E-state index in [-0.39, 0.29) is 12.3 Å². The van der Waals surface area contributed by atoms with Crippen molar-refractivity contribution in [3.63, 3.8) is 0 Å². The van der Waals surface area contributed by atoms with Gasteiger partial charge < -0.3 is 25.3 Å². The summed E-state index contributed by atoms with van der Waals surface area (Å²) in [5, 5.41) is 15.3. The number of aliphatic carboxylic acids is 1. The maximum atomic E-state index is 11.9. The number of nitrogens with two attached hydrogens (primary N) is 1. The highest BCUT2D eigenvalue weighted by Crippen LogP contribution is 2.15. The monoisotopic (exact) mass is 294 g/mol. The fourth-order valence-electron chi connectivity index (χ4n) is 1.79. The molecule has 1 aromatic carbocycles. The van der Waals surface area contributed by atoms with Crippen LogP contribution in [0.5, 0.6) is 5.75 Å². The summed E-state index contributed by atoms with van der Waals surface area (Å²) in [7, 11) is 1.56. The van der Waals surface area contributed by atoms with Crippen molar-refractivity contribution in [2.75, 3.05) is 19.0 Å². The van der Waals surface area contributed by atoms with Crippen LogP contribution in [0.25, 0.3) is 0 Å². The van der Waals surface area contributed by atoms with Gasteiger partial charge in [-0.3, -0.25) is 4.79 Å². The first-order chi connectivity index (χ1) is 9.92. The Kier molecular flexibility index (Phi) is 6.68. The standard InChI is InChI=1S/C15H22N2O4/c1-10(2)9-16-13(15(19)20)8-14(18)17-11-4-6-12(21-3)7-5-11/h4-7,10,13,16H,8-9H2,1-3H3,(H,17,18)(H,19,20)/t13-/m1/s1. The number of methoxy groups -OCH3 is 1. The van der Waals surface area contributed by atoms with Crippen molar-refractivity contribution in [3.8, 4) is 5.75 Å². The molecule has 1 rings (SSSR count). The van der Waals surface area contributed by atoms with E-state index in [1.54, 1.807) is 36.7 Å². The van der Waals surface area contributed by atoms with Crippen LogP contribution in [0, 0.1) is 5.92 Å². The van der Waals surface area contributed by atoms with Gasteiger partial charge in [-0.05, 0) is 24.3 Å². The normalized spacial score (nSPS) is 12.0. The van der Waals surface area contributed by atoms with Gasteiger partial charge in [-0.1, -0.05) is 13.8 Å². The molecule has 0 heterocycles. The Bertz CT molecular complexity index is 471. The van der Waals surface area contributed by atoms with Gasteiger partial charge in [-0.2, -0.15) is 0 Å². The predicted octanol–water partition coefficient (Wildman–Crippen LogP) is -0.638. The minimum atomic E-state index is -1.22. The van der Waals surface area contributed by atoms with E-state index in [4.69, 9.17) is 4.74 Å². The summed E-state index contributed by atoms with van der Waals surface area (Å²) in [5.74, 6) is -0.544. The maximum absolute atomic E-state index is 11.9. The summed E-state index contributed by atoms with van der Waals surface area (Å²) in [6.45, 7) is 4.61. The van der Waals surface area contributed by atoms with Crippen molar-refractivity contribution >= 4 is 17.6 Å². The molecule has 3 N–H and O–H groups in total. The van der Waals surface area contributed by atoms with E-state index in [1.165, 1.54) is 0 Å². The number of amides is 1. The Hall–Kier alpha value is -2.08. The third kappa shape index (κ3) is 6.27. The number of hydrogen-bond acceptors (Lipinski definition) is 4. The molecule has 0 spiro atoms. The van der Waals surface area contributed by atoms with Crippen molar-refractivity contribution in [2.24, 2.45) is 5.92 Å². The van der Waals surface area contributed by atoms with Crippen molar-refractivity contribution in [1.29, 1.82) is 0 Å². The summed E-state index contributed by atoms with van der Waals surface area (Å²) in [4.78, 5) is 22.9. The molecule has 0 saturated carbocycles. The Balaban J connectivity index is 2.54. The molecule has 6 heteroatoms. The molecule has 1 aromatic rings. The zero-order chi connectivity index (χ0) is 15.8. The van der Waals surface area contributed by atoms with Gasteiger partial charge in [0, 0.05) is 11.6 Å². The second kappa shape index (κ2) is 8.26. The molecular formula is C15H22N2O4. The van der Waals surface area contributed by atoms with Crippen LogP contribution in [0.3, 0.4) is 0 Å². The number of anilines is 1. The van der Waals surface area contributed by atoms with Gasteiger partial charge in [0.15, 0.2) is 0 Å². The van der Waals surface area contributed by atoms with Gasteiger partial charge in [-0.15, -0.1) is 0 Å².